The van der Waals surface area contributed by atoms with Crippen molar-refractivity contribution < 1.29 is 56.9 Å². The number of amides is 2. The number of aliphatic carboxylic acids is 1. The van der Waals surface area contributed by atoms with Gasteiger partial charge in [-0.3, -0.25) is 24.6 Å². The van der Waals surface area contributed by atoms with Gasteiger partial charge in [0, 0.05) is 18.1 Å². The molecule has 25 heteroatoms. The fraction of sp³-hybridized carbons (Fsp3) is 0.543. The number of carboxylic acids is 1. The van der Waals surface area contributed by atoms with E-state index in [4.69, 9.17) is 91.0 Å². The summed E-state index contributed by atoms with van der Waals surface area (Å²) in [5.41, 5.74) is 2.36. The highest BCUT2D eigenvalue weighted by Crippen LogP contribution is 2.37. The maximum Gasteiger partial charge on any atom is 0.442 e. The van der Waals surface area contributed by atoms with E-state index in [1.807, 2.05) is 78.0 Å². The molecule has 2 aromatic heterocycles. The lowest BCUT2D eigenvalue weighted by molar-refractivity contribution is -0.193. The number of benzene rings is 2. The predicted molar refractivity (Wildman–Crippen MR) is 281 cm³/mol. The second kappa shape index (κ2) is 30.8. The summed E-state index contributed by atoms with van der Waals surface area (Å²) >= 11 is 29.2. The molecule has 0 bridgehead atoms. The third kappa shape index (κ3) is 23.2. The Kier molecular flexibility index (Phi) is 28.5. The van der Waals surface area contributed by atoms with E-state index in [1.54, 1.807) is 37.1 Å². The maximum atomic E-state index is 12.1. The van der Waals surface area contributed by atoms with Gasteiger partial charge in [0.15, 0.2) is 4.84 Å². The van der Waals surface area contributed by atoms with E-state index < -0.39 is 42.7 Å². The third-order valence-corrected chi connectivity index (χ3v) is 10.7. The Morgan fingerprint density at radius 1 is 1.08 bits per heavy atom. The number of alkyl halides is 3. The molecule has 0 aliphatic carbocycles. The van der Waals surface area contributed by atoms with Crippen molar-refractivity contribution in [2.24, 2.45) is 0 Å². The van der Waals surface area contributed by atoms with Crippen molar-refractivity contribution in [1.29, 1.82) is 0 Å². The Bertz CT molecular complexity index is 2390. The molecule has 3 N–H and O–H groups in total. The number of nitrogens with one attached hydrogen (secondary N) is 1. The molecule has 2 unspecified atom stereocenters. The van der Waals surface area contributed by atoms with Crippen LogP contribution < -0.4 is 25.6 Å². The Labute approximate surface area is 444 Å². The van der Waals surface area contributed by atoms with Gasteiger partial charge in [-0.2, -0.15) is 4.68 Å². The molecule has 4 aromatic rings. The first kappa shape index (κ1) is 65.7. The monoisotopic (exact) mass is 1140 g/mol. The molecule has 18 nitrogen and oxygen atoms in total. The van der Waals surface area contributed by atoms with E-state index in [0.717, 1.165) is 27.9 Å². The molecule has 1 saturated heterocycles. The topological polar surface area (TPSA) is 239 Å². The van der Waals surface area contributed by atoms with Gasteiger partial charge < -0.3 is 47.4 Å². The number of anilines is 1. The van der Waals surface area contributed by atoms with Crippen LogP contribution in [0.1, 0.15) is 91.2 Å². The highest BCUT2D eigenvalue weighted by Gasteiger charge is 2.45. The van der Waals surface area contributed by atoms with E-state index in [1.165, 1.54) is 11.0 Å². The van der Waals surface area contributed by atoms with Crippen molar-refractivity contribution in [3.8, 4) is 11.4 Å². The molecule has 400 valence electrons. The lowest BCUT2D eigenvalue weighted by Crippen LogP contribution is -2.45. The summed E-state index contributed by atoms with van der Waals surface area (Å²) in [5, 5.41) is 14.8. The summed E-state index contributed by atoms with van der Waals surface area (Å²) in [5.74, 6) is -0.850. The minimum atomic E-state index is -4.35. The number of para-hydroxylation sites is 1. The van der Waals surface area contributed by atoms with Gasteiger partial charge in [-0.15, -0.1) is 16.7 Å². The van der Waals surface area contributed by atoms with Crippen LogP contribution in [-0.4, -0.2) is 116 Å². The number of carboxylic acid groups (broad SMARTS) is 1. The first-order valence-electron chi connectivity index (χ1n) is 21.9. The van der Waals surface area contributed by atoms with Crippen molar-refractivity contribution in [2.75, 3.05) is 62.3 Å². The van der Waals surface area contributed by atoms with Gasteiger partial charge >= 0.3 is 11.7 Å². The minimum Gasteiger partial charge on any atom is -0.778 e. The van der Waals surface area contributed by atoms with Gasteiger partial charge in [-0.1, -0.05) is 92.3 Å². The molecular weight excluding hydrogens is 1070 g/mol. The van der Waals surface area contributed by atoms with Crippen LogP contribution in [0.25, 0.3) is 5.69 Å². The summed E-state index contributed by atoms with van der Waals surface area (Å²) in [6, 6.07) is 12.7. The third-order valence-electron chi connectivity index (χ3n) is 8.92. The maximum absolute atomic E-state index is 12.1. The summed E-state index contributed by atoms with van der Waals surface area (Å²) in [6.45, 7) is 19.8. The number of aromatic nitrogens is 2. The van der Waals surface area contributed by atoms with E-state index in [-0.39, 0.29) is 47.1 Å². The smallest absolute Gasteiger partial charge is 0.442 e. The molecule has 1 fully saturated rings. The average molecular weight is 1140 g/mol. The second-order valence-corrected chi connectivity index (χ2v) is 23.6. The van der Waals surface area contributed by atoms with Crippen LogP contribution in [0.3, 0.4) is 0 Å². The first-order valence-corrected chi connectivity index (χ1v) is 28.2. The van der Waals surface area contributed by atoms with Crippen molar-refractivity contribution in [3.05, 3.63) is 92.1 Å². The van der Waals surface area contributed by atoms with Crippen LogP contribution in [0.4, 0.5) is 5.69 Å². The molecule has 1 aliphatic heterocycles. The standard InChI is InChI=1S/C15H18Cl2N2O3.C14H20ClNO2.C11H13Cl2NO3.C3H8NO5P.C3H9S/c1-8(2)21-12-7-11(9(16)6-10(12)17)19-14(20)22-13(18-19)15(3,4)5;1-4-12-8-6-7-11(3)14(12)16(10-18-5-2)13(17)9-15;1-11(2)14(10(15)9(12)13)6-8(17-11)7-4-3-5-16-7;5-3(6)1-4-2-10(7,8)9;1-4(2)3/h6-8H,1-5H3;6-8H,4-5,9-10H2,1-3H3;3-5,8-9H,6H2,1-2H3;4H,1-2H2,(H,5,6)(H2,7,8,9);1-3H3/q;;;;+1/p-1. The molecule has 0 spiro atoms. The van der Waals surface area contributed by atoms with Crippen molar-refractivity contribution in [1.82, 2.24) is 20.0 Å². The summed E-state index contributed by atoms with van der Waals surface area (Å²) in [7, 11) is -3.71. The van der Waals surface area contributed by atoms with Crippen LogP contribution in [0.5, 0.6) is 5.75 Å². The van der Waals surface area contributed by atoms with Crippen molar-refractivity contribution in [3.63, 3.8) is 0 Å². The number of rotatable bonds is 15. The van der Waals surface area contributed by atoms with Gasteiger partial charge in [-0.25, -0.2) is 4.79 Å². The molecule has 2 amide bonds. The van der Waals surface area contributed by atoms with Gasteiger partial charge in [-0.05, 0) is 88.2 Å². The number of hydrogen-bond acceptors (Lipinski definition) is 13. The Hall–Kier alpha value is -3.30. The van der Waals surface area contributed by atoms with Gasteiger partial charge in [0.1, 0.15) is 43.5 Å². The van der Waals surface area contributed by atoms with E-state index >= 15 is 0 Å². The highest BCUT2D eigenvalue weighted by molar-refractivity contribution is 7.94. The molecule has 71 heavy (non-hydrogen) atoms. The summed E-state index contributed by atoms with van der Waals surface area (Å²) in [4.78, 5) is 65.7. The van der Waals surface area contributed by atoms with Crippen LogP contribution in [0.15, 0.2) is 62.4 Å². The zero-order chi connectivity index (χ0) is 54.6. The van der Waals surface area contributed by atoms with Gasteiger partial charge in [0.05, 0.1) is 71.9 Å². The molecule has 2 aromatic carbocycles. The molecule has 0 saturated carbocycles. The lowest BCUT2D eigenvalue weighted by Gasteiger charge is -2.29. The number of ether oxygens (including phenoxy) is 3. The largest absolute Gasteiger partial charge is 0.778 e. The Morgan fingerprint density at radius 2 is 1.70 bits per heavy atom. The minimum absolute atomic E-state index is 0.0371. The predicted octanol–water partition coefficient (Wildman–Crippen LogP) is 8.72. The highest BCUT2D eigenvalue weighted by atomic mass is 35.5. The SMILES string of the molecule is CC(C)Oc1cc(-n2nc(C(C)(C)C)oc2=O)c(Cl)cc1Cl.CC1(C)OC(c2ccco2)CN1C(=O)C(Cl)Cl.CCOCN(C(=O)CCl)c1c(C)cccc1CC.C[S+](C)C.O=C(O)CNCP(=O)([O-])O. The number of furan rings is 1. The molecule has 5 rings (SSSR count). The number of aryl methyl sites for hydroxylation is 2. The molecule has 0 radical (unpaired) electrons. The van der Waals surface area contributed by atoms with E-state index in [0.29, 0.717) is 52.2 Å². The zero-order valence-electron chi connectivity index (χ0n) is 42.2. The molecular formula is C46H67Cl5N5O13PS. The second-order valence-electron chi connectivity index (χ2n) is 17.4. The van der Waals surface area contributed by atoms with Crippen molar-refractivity contribution in [2.45, 2.75) is 104 Å². The number of carbonyl (C=O) groups excluding carboxylic acids is 2. The van der Waals surface area contributed by atoms with Crippen LogP contribution >= 0.6 is 65.6 Å². The number of hydrogen-bond donors (Lipinski definition) is 3. The van der Waals surface area contributed by atoms with Crippen LogP contribution in [0.2, 0.25) is 10.0 Å². The van der Waals surface area contributed by atoms with E-state index in [2.05, 4.69) is 30.8 Å². The number of halogens is 5. The molecule has 2 atom stereocenters. The van der Waals surface area contributed by atoms with E-state index in [9.17, 15) is 28.6 Å². The van der Waals surface area contributed by atoms with Gasteiger partial charge in [0.2, 0.25) is 11.8 Å². The normalized spacial score (nSPS) is 14.7. The Morgan fingerprint density at radius 3 is 2.17 bits per heavy atom. The zero-order valence-corrected chi connectivity index (χ0v) is 47.7. The Balaban J connectivity index is 0.000000474. The van der Waals surface area contributed by atoms with Crippen molar-refractivity contribution >= 4 is 100.0 Å². The first-order chi connectivity index (χ1) is 32.8. The van der Waals surface area contributed by atoms with Crippen LogP contribution in [-0.2, 0) is 51.2 Å². The van der Waals surface area contributed by atoms with Crippen LogP contribution in [0, 0.1) is 6.92 Å². The summed E-state index contributed by atoms with van der Waals surface area (Å²) in [6.07, 6.45) is 7.97. The number of carbonyl (C=O) groups is 3. The average Bonchev–Trinajstić information content (AvgIpc) is 4.01. The summed E-state index contributed by atoms with van der Waals surface area (Å²) < 4.78 is 38.3. The molecule has 3 heterocycles. The molecule has 1 aliphatic rings. The van der Waals surface area contributed by atoms with Gasteiger partial charge in [0.25, 0.3) is 5.91 Å². The fourth-order valence-electron chi connectivity index (χ4n) is 5.90. The number of nitrogens with zero attached hydrogens (tertiary/aromatic N) is 4. The quantitative estimate of drug-likeness (QED) is 0.0437. The lowest BCUT2D eigenvalue weighted by atomic mass is 9.97. The fourth-order valence-corrected chi connectivity index (χ4v) is 7.18.